The van der Waals surface area contributed by atoms with Gasteiger partial charge in [0.25, 0.3) is 0 Å². The van der Waals surface area contributed by atoms with Gasteiger partial charge >= 0.3 is 5.97 Å². The summed E-state index contributed by atoms with van der Waals surface area (Å²) in [4.78, 5) is 28.5. The smallest absolute Gasteiger partial charge is 0.356 e. The summed E-state index contributed by atoms with van der Waals surface area (Å²) >= 11 is 0. The number of hydrogen-bond acceptors (Lipinski definition) is 8. The lowest BCUT2D eigenvalue weighted by molar-refractivity contribution is 0.0691. The predicted octanol–water partition coefficient (Wildman–Crippen LogP) is 1.74. The Morgan fingerprint density at radius 2 is 2.11 bits per heavy atom. The molecule has 0 aliphatic rings. The van der Waals surface area contributed by atoms with E-state index in [9.17, 15) is 9.90 Å². The highest BCUT2D eigenvalue weighted by molar-refractivity contribution is 5.86. The molecule has 28 heavy (non-hydrogen) atoms. The molecule has 4 heterocycles. The fourth-order valence-corrected chi connectivity index (χ4v) is 2.88. The number of imidazole rings is 2. The van der Waals surface area contributed by atoms with E-state index >= 15 is 0 Å². The zero-order valence-electron chi connectivity index (χ0n) is 15.2. The zero-order valence-corrected chi connectivity index (χ0v) is 15.2. The van der Waals surface area contributed by atoms with E-state index in [0.29, 0.717) is 47.0 Å². The summed E-state index contributed by atoms with van der Waals surface area (Å²) in [6, 6.07) is 5.20. The first kappa shape index (κ1) is 17.4. The molecule has 0 aromatic carbocycles. The number of nitrogens with zero attached hydrogens (tertiary/aromatic N) is 7. The van der Waals surface area contributed by atoms with Crippen LogP contribution in [0.25, 0.3) is 17.0 Å². The predicted molar refractivity (Wildman–Crippen MR) is 101 cm³/mol. The van der Waals surface area contributed by atoms with Crippen LogP contribution in [0.1, 0.15) is 23.2 Å². The van der Waals surface area contributed by atoms with Gasteiger partial charge in [-0.1, -0.05) is 0 Å². The van der Waals surface area contributed by atoms with Crippen molar-refractivity contribution in [2.45, 2.75) is 20.4 Å². The third-order valence-corrected chi connectivity index (χ3v) is 4.06. The van der Waals surface area contributed by atoms with Crippen LogP contribution in [0.15, 0.2) is 30.6 Å². The molecule has 0 saturated heterocycles. The summed E-state index contributed by atoms with van der Waals surface area (Å²) in [5, 5.41) is 16.7. The van der Waals surface area contributed by atoms with Crippen molar-refractivity contribution in [2.24, 2.45) is 0 Å². The van der Waals surface area contributed by atoms with E-state index in [0.717, 1.165) is 0 Å². The van der Waals surface area contributed by atoms with Gasteiger partial charge in [-0.05, 0) is 26.0 Å². The highest BCUT2D eigenvalue weighted by Crippen LogP contribution is 2.30. The van der Waals surface area contributed by atoms with Crippen LogP contribution in [0.5, 0.6) is 0 Å². The van der Waals surface area contributed by atoms with Crippen molar-refractivity contribution in [1.82, 2.24) is 34.1 Å². The maximum atomic E-state index is 11.3. The molecule has 0 radical (unpaired) electrons. The average molecular weight is 379 g/mol. The largest absolute Gasteiger partial charge is 0.476 e. The number of carboxylic acids is 1. The Balaban J connectivity index is 1.89. The van der Waals surface area contributed by atoms with Gasteiger partial charge in [0.15, 0.2) is 17.2 Å². The van der Waals surface area contributed by atoms with Gasteiger partial charge in [-0.2, -0.15) is 5.10 Å². The summed E-state index contributed by atoms with van der Waals surface area (Å²) in [5.41, 5.74) is 7.52. The number of anilines is 3. The van der Waals surface area contributed by atoms with E-state index in [-0.39, 0.29) is 5.69 Å². The maximum absolute atomic E-state index is 11.3. The van der Waals surface area contributed by atoms with Crippen LogP contribution in [-0.2, 0) is 6.54 Å². The third kappa shape index (κ3) is 2.98. The van der Waals surface area contributed by atoms with Gasteiger partial charge in [0.1, 0.15) is 17.3 Å². The average Bonchev–Trinajstić information content (AvgIpc) is 3.22. The molecule has 0 spiro atoms. The van der Waals surface area contributed by atoms with Crippen molar-refractivity contribution in [3.05, 3.63) is 42.1 Å². The number of aromatic nitrogens is 7. The van der Waals surface area contributed by atoms with Crippen LogP contribution in [0.4, 0.5) is 17.6 Å². The number of aryl methyl sites for hydroxylation is 2. The number of hydrogen-bond donors (Lipinski definition) is 3. The highest BCUT2D eigenvalue weighted by atomic mass is 16.4. The van der Waals surface area contributed by atoms with Crippen LogP contribution in [0, 0.1) is 6.92 Å². The molecule has 4 N–H and O–H groups in total. The lowest BCUT2D eigenvalue weighted by atomic mass is 10.3. The normalized spacial score (nSPS) is 11.1. The minimum atomic E-state index is -1.11. The van der Waals surface area contributed by atoms with Crippen LogP contribution < -0.4 is 11.1 Å². The molecule has 0 amide bonds. The highest BCUT2D eigenvalue weighted by Gasteiger charge is 2.20. The van der Waals surface area contributed by atoms with Crippen LogP contribution in [0.3, 0.4) is 0 Å². The topological polar surface area (TPSA) is 149 Å². The summed E-state index contributed by atoms with van der Waals surface area (Å²) in [6.45, 7) is 4.16. The van der Waals surface area contributed by atoms with Gasteiger partial charge < -0.3 is 20.7 Å². The number of aromatic carboxylic acids is 1. The number of rotatable bonds is 5. The summed E-state index contributed by atoms with van der Waals surface area (Å²) in [7, 11) is 0. The van der Waals surface area contributed by atoms with Crippen molar-refractivity contribution in [1.29, 1.82) is 0 Å². The van der Waals surface area contributed by atoms with Gasteiger partial charge in [-0.15, -0.1) is 0 Å². The molecule has 4 aromatic rings. The number of nitrogens with one attached hydrogen (secondary N) is 1. The van der Waals surface area contributed by atoms with Gasteiger partial charge in [0.2, 0.25) is 5.95 Å². The van der Waals surface area contributed by atoms with E-state index in [2.05, 4.69) is 30.4 Å². The Morgan fingerprint density at radius 1 is 1.29 bits per heavy atom. The molecule has 11 nitrogen and oxygen atoms in total. The van der Waals surface area contributed by atoms with E-state index in [1.807, 2.05) is 6.92 Å². The Bertz CT molecular complexity index is 1170. The maximum Gasteiger partial charge on any atom is 0.356 e. The molecule has 0 saturated carbocycles. The van der Waals surface area contributed by atoms with E-state index in [1.54, 1.807) is 40.4 Å². The van der Waals surface area contributed by atoms with Crippen molar-refractivity contribution in [3.63, 3.8) is 0 Å². The second kappa shape index (κ2) is 6.61. The van der Waals surface area contributed by atoms with Crippen LogP contribution in [0.2, 0.25) is 0 Å². The monoisotopic (exact) mass is 379 g/mol. The molecule has 142 valence electrons. The molecule has 11 heteroatoms. The fourth-order valence-electron chi connectivity index (χ4n) is 2.88. The summed E-state index contributed by atoms with van der Waals surface area (Å²) in [5.74, 6) is 0.501. The number of nitrogen functional groups attached to an aromatic ring is 1. The zero-order chi connectivity index (χ0) is 19.8. The molecule has 4 aromatic heterocycles. The van der Waals surface area contributed by atoms with Gasteiger partial charge in [0.05, 0.1) is 5.69 Å². The van der Waals surface area contributed by atoms with Crippen molar-refractivity contribution in [2.75, 3.05) is 11.1 Å². The molecular formula is C17H17N9O2. The van der Waals surface area contributed by atoms with E-state index in [4.69, 9.17) is 5.73 Å². The standard InChI is InChI=1S/C17H17N9O2/c1-3-25-8-11(16(27)28)22-17(25)24-15-14(10-7-12(18)21-9(2)20-10)26-13(23-15)5-4-6-19-26/h4-8H,3H2,1-2H3,(H,22,24)(H,27,28)(H2,18,20,21). The summed E-state index contributed by atoms with van der Waals surface area (Å²) < 4.78 is 3.31. The molecule has 4 rings (SSSR count). The number of nitrogens with two attached hydrogens (primary N) is 1. The second-order valence-corrected chi connectivity index (χ2v) is 5.99. The lowest BCUT2D eigenvalue weighted by Gasteiger charge is -2.08. The minimum absolute atomic E-state index is 0.0603. The Hall–Kier alpha value is -4.02. The van der Waals surface area contributed by atoms with E-state index in [1.165, 1.54) is 6.20 Å². The quantitative estimate of drug-likeness (QED) is 0.471. The molecule has 0 aliphatic heterocycles. The molecule has 0 bridgehead atoms. The number of carboxylic acid groups (broad SMARTS) is 1. The van der Waals surface area contributed by atoms with Crippen LogP contribution in [-0.4, -0.2) is 45.2 Å². The van der Waals surface area contributed by atoms with E-state index < -0.39 is 5.97 Å². The Labute approximate surface area is 158 Å². The van der Waals surface area contributed by atoms with Crippen molar-refractivity contribution >= 4 is 29.2 Å². The SMILES string of the molecule is CCn1cc(C(=O)O)nc1Nc1nc2cccnn2c1-c1cc(N)nc(C)n1. The first-order valence-electron chi connectivity index (χ1n) is 8.49. The van der Waals surface area contributed by atoms with Crippen molar-refractivity contribution in [3.8, 4) is 11.4 Å². The molecular weight excluding hydrogens is 362 g/mol. The Kier molecular flexibility index (Phi) is 4.11. The first-order chi connectivity index (χ1) is 13.5. The first-order valence-corrected chi connectivity index (χ1v) is 8.49. The van der Waals surface area contributed by atoms with Crippen molar-refractivity contribution < 1.29 is 9.90 Å². The minimum Gasteiger partial charge on any atom is -0.476 e. The van der Waals surface area contributed by atoms with Gasteiger partial charge in [-0.25, -0.2) is 29.2 Å². The third-order valence-electron chi connectivity index (χ3n) is 4.06. The molecule has 0 fully saturated rings. The lowest BCUT2D eigenvalue weighted by Crippen LogP contribution is -2.05. The van der Waals surface area contributed by atoms with Gasteiger partial charge in [0, 0.05) is 25.0 Å². The fraction of sp³-hybridized carbons (Fsp3) is 0.176. The molecule has 0 aliphatic carbocycles. The molecule has 0 atom stereocenters. The van der Waals surface area contributed by atoms with Crippen LogP contribution >= 0.6 is 0 Å². The molecule has 0 unspecified atom stereocenters. The van der Waals surface area contributed by atoms with Gasteiger partial charge in [-0.3, -0.25) is 0 Å². The number of fused-ring (bicyclic) bond motifs is 1. The number of carbonyl (C=O) groups is 1. The summed E-state index contributed by atoms with van der Waals surface area (Å²) in [6.07, 6.45) is 3.10. The second-order valence-electron chi connectivity index (χ2n) is 5.99. The Morgan fingerprint density at radius 3 is 2.82 bits per heavy atom.